The van der Waals surface area contributed by atoms with Crippen molar-refractivity contribution in [3.05, 3.63) is 42.5 Å². The summed E-state index contributed by atoms with van der Waals surface area (Å²) < 4.78 is 28.5. The Labute approximate surface area is 121 Å². The molecule has 110 valence electrons. The molecule has 0 heterocycles. The second-order valence-electron chi connectivity index (χ2n) is 4.17. The zero-order chi connectivity index (χ0) is 15.6. The highest BCUT2D eigenvalue weighted by Gasteiger charge is 2.27. The first-order valence-electron chi connectivity index (χ1n) is 5.80. The molecule has 0 aliphatic heterocycles. The number of rotatable bonds is 3. The van der Waals surface area contributed by atoms with E-state index in [2.05, 4.69) is 4.18 Å². The van der Waals surface area contributed by atoms with Crippen LogP contribution in [0.5, 0.6) is 0 Å². The molecular formula is C13H13N3O4S. The van der Waals surface area contributed by atoms with Crippen LogP contribution in [0.15, 0.2) is 47.4 Å². The number of amides is 1. The number of hydrogen-bond donors (Lipinski definition) is 3. The lowest BCUT2D eigenvalue weighted by Gasteiger charge is -2.14. The number of hydrogen-bond acceptors (Lipinski definition) is 6. The van der Waals surface area contributed by atoms with E-state index in [-0.39, 0.29) is 21.8 Å². The van der Waals surface area contributed by atoms with Crippen molar-refractivity contribution in [2.45, 2.75) is 4.90 Å². The SMILES string of the molecule is NC(=O)OS(=O)(=O)c1c(-c2ccccc2)ccc(N)c1N. The molecule has 2 aromatic rings. The van der Waals surface area contributed by atoms with Crippen LogP contribution < -0.4 is 17.2 Å². The summed E-state index contributed by atoms with van der Waals surface area (Å²) in [6, 6.07) is 11.6. The van der Waals surface area contributed by atoms with Crippen molar-refractivity contribution in [1.29, 1.82) is 0 Å². The standard InChI is InChI=1S/C13H13N3O4S/c14-10-7-6-9(8-4-2-1-3-5-8)12(11(10)15)21(18,19)20-13(16)17/h1-7H,14-15H2,(H2,16,17). The lowest BCUT2D eigenvalue weighted by Crippen LogP contribution is -2.20. The number of nitrogens with two attached hydrogens (primary N) is 3. The lowest BCUT2D eigenvalue weighted by atomic mass is 10.0. The van der Waals surface area contributed by atoms with Gasteiger partial charge >= 0.3 is 16.2 Å². The van der Waals surface area contributed by atoms with E-state index in [4.69, 9.17) is 17.2 Å². The fourth-order valence-corrected chi connectivity index (χ4v) is 3.02. The maximum Gasteiger partial charge on any atom is 0.420 e. The molecule has 0 aromatic heterocycles. The van der Waals surface area contributed by atoms with Gasteiger partial charge in [-0.1, -0.05) is 36.4 Å². The number of nitrogen functional groups attached to an aromatic ring is 2. The topological polar surface area (TPSA) is 138 Å². The number of anilines is 2. The third-order valence-electron chi connectivity index (χ3n) is 2.76. The van der Waals surface area contributed by atoms with Gasteiger partial charge in [0.2, 0.25) is 0 Å². The van der Waals surface area contributed by atoms with Crippen LogP contribution in [-0.2, 0) is 14.3 Å². The molecule has 0 atom stereocenters. The zero-order valence-electron chi connectivity index (χ0n) is 10.8. The minimum Gasteiger partial charge on any atom is -0.397 e. The van der Waals surface area contributed by atoms with E-state index in [0.29, 0.717) is 5.56 Å². The van der Waals surface area contributed by atoms with Gasteiger partial charge in [0.1, 0.15) is 4.90 Å². The van der Waals surface area contributed by atoms with Crippen molar-refractivity contribution in [2.24, 2.45) is 5.73 Å². The summed E-state index contributed by atoms with van der Waals surface area (Å²) in [5, 5.41) is 0. The van der Waals surface area contributed by atoms with Gasteiger partial charge in [-0.05, 0) is 11.6 Å². The molecule has 1 amide bonds. The number of benzene rings is 2. The van der Waals surface area contributed by atoms with Gasteiger partial charge in [0.15, 0.2) is 0 Å². The van der Waals surface area contributed by atoms with E-state index in [0.717, 1.165) is 0 Å². The molecule has 2 aromatic carbocycles. The largest absolute Gasteiger partial charge is 0.420 e. The predicted octanol–water partition coefficient (Wildman–Crippen LogP) is 1.30. The average molecular weight is 307 g/mol. The maximum atomic E-state index is 12.2. The monoisotopic (exact) mass is 307 g/mol. The van der Waals surface area contributed by atoms with Gasteiger partial charge in [0.25, 0.3) is 0 Å². The summed E-state index contributed by atoms with van der Waals surface area (Å²) >= 11 is 0. The molecule has 0 bridgehead atoms. The minimum absolute atomic E-state index is 0.0568. The molecule has 6 N–H and O–H groups in total. The third kappa shape index (κ3) is 2.90. The molecule has 2 rings (SSSR count). The molecule has 8 heteroatoms. The number of primary amides is 1. The Hall–Kier alpha value is -2.74. The van der Waals surface area contributed by atoms with Gasteiger partial charge in [0, 0.05) is 5.56 Å². The first kappa shape index (κ1) is 14.7. The Morgan fingerprint density at radius 2 is 1.62 bits per heavy atom. The van der Waals surface area contributed by atoms with Gasteiger partial charge in [-0.15, -0.1) is 0 Å². The molecule has 0 fully saturated rings. The molecule has 21 heavy (non-hydrogen) atoms. The Bertz CT molecular complexity index is 789. The van der Waals surface area contributed by atoms with Crippen LogP contribution in [0.2, 0.25) is 0 Å². The zero-order valence-corrected chi connectivity index (χ0v) is 11.6. The van der Waals surface area contributed by atoms with Crippen LogP contribution >= 0.6 is 0 Å². The van der Waals surface area contributed by atoms with Crippen LogP contribution in [0, 0.1) is 0 Å². The summed E-state index contributed by atoms with van der Waals surface area (Å²) in [6.07, 6.45) is -1.45. The Balaban J connectivity index is 2.75. The fraction of sp³-hybridized carbons (Fsp3) is 0. The molecule has 0 aliphatic rings. The molecule has 0 radical (unpaired) electrons. The van der Waals surface area contributed by atoms with E-state index >= 15 is 0 Å². The fourth-order valence-electron chi connectivity index (χ4n) is 1.88. The Morgan fingerprint density at radius 3 is 2.19 bits per heavy atom. The second kappa shape index (κ2) is 5.33. The Morgan fingerprint density at radius 1 is 1.00 bits per heavy atom. The van der Waals surface area contributed by atoms with Gasteiger partial charge < -0.3 is 21.4 Å². The van der Waals surface area contributed by atoms with Crippen molar-refractivity contribution >= 4 is 27.6 Å². The molecule has 7 nitrogen and oxygen atoms in total. The molecule has 0 spiro atoms. The van der Waals surface area contributed by atoms with Crippen molar-refractivity contribution in [2.75, 3.05) is 11.5 Å². The van der Waals surface area contributed by atoms with Crippen LogP contribution in [0.1, 0.15) is 0 Å². The molecule has 0 unspecified atom stereocenters. The lowest BCUT2D eigenvalue weighted by molar-refractivity contribution is 0.213. The first-order chi connectivity index (χ1) is 9.83. The highest BCUT2D eigenvalue weighted by molar-refractivity contribution is 7.87. The number of carbonyl (C=O) groups excluding carboxylic acids is 1. The van der Waals surface area contributed by atoms with E-state index in [1.807, 2.05) is 0 Å². The second-order valence-corrected chi connectivity index (χ2v) is 5.65. The number of carbonyl (C=O) groups is 1. The Kier molecular flexibility index (Phi) is 3.72. The van der Waals surface area contributed by atoms with E-state index < -0.39 is 16.2 Å². The predicted molar refractivity (Wildman–Crippen MR) is 78.6 cm³/mol. The molecule has 0 saturated heterocycles. The quantitative estimate of drug-likeness (QED) is 0.577. The van der Waals surface area contributed by atoms with Crippen molar-refractivity contribution in [3.8, 4) is 11.1 Å². The summed E-state index contributed by atoms with van der Waals surface area (Å²) in [5.74, 6) is 0. The normalized spacial score (nSPS) is 11.0. The van der Waals surface area contributed by atoms with Crippen molar-refractivity contribution in [3.63, 3.8) is 0 Å². The van der Waals surface area contributed by atoms with Gasteiger partial charge in [-0.2, -0.15) is 8.42 Å². The van der Waals surface area contributed by atoms with Crippen molar-refractivity contribution < 1.29 is 17.4 Å². The van der Waals surface area contributed by atoms with E-state index in [1.165, 1.54) is 12.1 Å². The smallest absolute Gasteiger partial charge is 0.397 e. The molecule has 0 aliphatic carbocycles. The van der Waals surface area contributed by atoms with E-state index in [1.54, 1.807) is 30.3 Å². The summed E-state index contributed by atoms with van der Waals surface area (Å²) in [4.78, 5) is 10.4. The van der Waals surface area contributed by atoms with E-state index in [9.17, 15) is 13.2 Å². The van der Waals surface area contributed by atoms with Crippen molar-refractivity contribution in [1.82, 2.24) is 0 Å². The minimum atomic E-state index is -4.47. The van der Waals surface area contributed by atoms with Crippen LogP contribution in [0.3, 0.4) is 0 Å². The highest BCUT2D eigenvalue weighted by atomic mass is 32.2. The van der Waals surface area contributed by atoms with Gasteiger partial charge in [-0.3, -0.25) is 0 Å². The van der Waals surface area contributed by atoms with Crippen LogP contribution in [0.4, 0.5) is 16.2 Å². The highest BCUT2D eigenvalue weighted by Crippen LogP contribution is 2.36. The van der Waals surface area contributed by atoms with Gasteiger partial charge in [0.05, 0.1) is 11.4 Å². The molecular weight excluding hydrogens is 294 g/mol. The maximum absolute atomic E-state index is 12.2. The van der Waals surface area contributed by atoms with Crippen LogP contribution in [0.25, 0.3) is 11.1 Å². The summed E-state index contributed by atoms with van der Waals surface area (Å²) in [7, 11) is -4.47. The average Bonchev–Trinajstić information content (AvgIpc) is 2.41. The summed E-state index contributed by atoms with van der Waals surface area (Å²) in [5.41, 5.74) is 16.9. The summed E-state index contributed by atoms with van der Waals surface area (Å²) in [6.45, 7) is 0. The van der Waals surface area contributed by atoms with Gasteiger partial charge in [-0.25, -0.2) is 4.79 Å². The van der Waals surface area contributed by atoms with Crippen LogP contribution in [-0.4, -0.2) is 14.5 Å². The first-order valence-corrected chi connectivity index (χ1v) is 7.21. The third-order valence-corrected chi connectivity index (χ3v) is 4.08. The molecule has 0 saturated carbocycles.